The summed E-state index contributed by atoms with van der Waals surface area (Å²) >= 11 is 3.49. The van der Waals surface area contributed by atoms with Crippen molar-refractivity contribution in [3.63, 3.8) is 0 Å². The van der Waals surface area contributed by atoms with Gasteiger partial charge in [0.15, 0.2) is 0 Å². The van der Waals surface area contributed by atoms with Crippen LogP contribution in [0.1, 0.15) is 39.5 Å². The smallest absolute Gasteiger partial charge is 0.138 e. The molecule has 0 aliphatic rings. The van der Waals surface area contributed by atoms with Crippen molar-refractivity contribution in [2.24, 2.45) is 5.84 Å². The summed E-state index contributed by atoms with van der Waals surface area (Å²) in [5.74, 6) is 6.55. The van der Waals surface area contributed by atoms with Crippen molar-refractivity contribution in [2.45, 2.75) is 39.3 Å². The van der Waals surface area contributed by atoms with Crippen LogP contribution >= 0.6 is 15.9 Å². The lowest BCUT2D eigenvalue weighted by atomic mass is 9.90. The van der Waals surface area contributed by atoms with Crippen LogP contribution in [-0.2, 0) is 0 Å². The highest BCUT2D eigenvalue weighted by atomic mass is 79.9. The standard InChI is InChI=1S/C12H22BrN3O/c1-5-16(6-2)12(3,4)11(15-14)10-9(13)7-8-17-10/h7-8,11,15H,5-6,14H2,1-4H3. The Morgan fingerprint density at radius 2 is 2.06 bits per heavy atom. The van der Waals surface area contributed by atoms with Crippen molar-refractivity contribution in [1.29, 1.82) is 0 Å². The van der Waals surface area contributed by atoms with Crippen LogP contribution in [0.15, 0.2) is 21.2 Å². The third-order valence-corrected chi connectivity index (χ3v) is 4.01. The van der Waals surface area contributed by atoms with Crippen molar-refractivity contribution in [3.05, 3.63) is 22.6 Å². The van der Waals surface area contributed by atoms with Gasteiger partial charge >= 0.3 is 0 Å². The molecule has 1 atom stereocenters. The highest BCUT2D eigenvalue weighted by molar-refractivity contribution is 9.10. The van der Waals surface area contributed by atoms with Crippen LogP contribution in [-0.4, -0.2) is 23.5 Å². The van der Waals surface area contributed by atoms with Crippen molar-refractivity contribution in [1.82, 2.24) is 10.3 Å². The lowest BCUT2D eigenvalue weighted by molar-refractivity contribution is 0.0816. The van der Waals surface area contributed by atoms with E-state index in [-0.39, 0.29) is 11.6 Å². The molecule has 98 valence electrons. The summed E-state index contributed by atoms with van der Waals surface area (Å²) < 4.78 is 6.47. The fourth-order valence-corrected chi connectivity index (χ4v) is 2.76. The third-order valence-electron chi connectivity index (χ3n) is 3.36. The van der Waals surface area contributed by atoms with Crippen LogP contribution in [0.25, 0.3) is 0 Å². The zero-order valence-electron chi connectivity index (χ0n) is 11.0. The fraction of sp³-hybridized carbons (Fsp3) is 0.667. The van der Waals surface area contributed by atoms with E-state index in [1.165, 1.54) is 0 Å². The minimum absolute atomic E-state index is 0.0632. The van der Waals surface area contributed by atoms with Gasteiger partial charge in [-0.1, -0.05) is 13.8 Å². The van der Waals surface area contributed by atoms with E-state index in [0.29, 0.717) is 0 Å². The topological polar surface area (TPSA) is 54.4 Å². The van der Waals surface area contributed by atoms with Crippen LogP contribution in [0.2, 0.25) is 0 Å². The van der Waals surface area contributed by atoms with Crippen molar-refractivity contribution < 1.29 is 4.42 Å². The molecule has 0 aliphatic carbocycles. The van der Waals surface area contributed by atoms with Gasteiger partial charge in [0.25, 0.3) is 0 Å². The molecule has 0 saturated heterocycles. The number of likely N-dealkylation sites (N-methyl/N-ethyl adjacent to an activating group) is 1. The van der Waals surface area contributed by atoms with Gasteiger partial charge in [-0.3, -0.25) is 10.7 Å². The second-order valence-electron chi connectivity index (χ2n) is 4.56. The number of rotatable bonds is 6. The molecule has 0 bridgehead atoms. The summed E-state index contributed by atoms with van der Waals surface area (Å²) in [6, 6.07) is 1.82. The number of hydrazine groups is 1. The van der Waals surface area contributed by atoms with E-state index in [2.05, 4.69) is 54.0 Å². The van der Waals surface area contributed by atoms with Crippen LogP contribution in [0.4, 0.5) is 0 Å². The van der Waals surface area contributed by atoms with E-state index in [1.54, 1.807) is 6.26 Å². The van der Waals surface area contributed by atoms with Crippen molar-refractivity contribution >= 4 is 15.9 Å². The molecule has 17 heavy (non-hydrogen) atoms. The monoisotopic (exact) mass is 303 g/mol. The number of furan rings is 1. The summed E-state index contributed by atoms with van der Waals surface area (Å²) in [5.41, 5.74) is 2.74. The number of hydrogen-bond donors (Lipinski definition) is 2. The van der Waals surface area contributed by atoms with E-state index in [0.717, 1.165) is 23.3 Å². The summed E-state index contributed by atoms with van der Waals surface area (Å²) in [6.45, 7) is 10.6. The summed E-state index contributed by atoms with van der Waals surface area (Å²) in [6.07, 6.45) is 1.67. The van der Waals surface area contributed by atoms with Gasteiger partial charge in [-0.15, -0.1) is 0 Å². The Balaban J connectivity index is 3.05. The molecule has 0 aliphatic heterocycles. The van der Waals surface area contributed by atoms with Crippen molar-refractivity contribution in [3.8, 4) is 0 Å². The van der Waals surface area contributed by atoms with Crippen LogP contribution < -0.4 is 11.3 Å². The zero-order chi connectivity index (χ0) is 13.1. The van der Waals surface area contributed by atoms with Gasteiger partial charge in [0, 0.05) is 5.54 Å². The Morgan fingerprint density at radius 3 is 2.41 bits per heavy atom. The lowest BCUT2D eigenvalue weighted by Crippen LogP contribution is -2.54. The molecule has 1 rings (SSSR count). The highest BCUT2D eigenvalue weighted by Crippen LogP contribution is 2.34. The van der Waals surface area contributed by atoms with E-state index in [1.807, 2.05) is 6.07 Å². The number of nitrogens with one attached hydrogen (secondary N) is 1. The molecule has 0 saturated carbocycles. The second-order valence-corrected chi connectivity index (χ2v) is 5.41. The van der Waals surface area contributed by atoms with Gasteiger partial charge in [0.1, 0.15) is 5.76 Å². The molecule has 4 nitrogen and oxygen atoms in total. The number of halogens is 1. The molecular weight excluding hydrogens is 282 g/mol. The van der Waals surface area contributed by atoms with E-state index < -0.39 is 0 Å². The summed E-state index contributed by atoms with van der Waals surface area (Å²) in [4.78, 5) is 2.35. The van der Waals surface area contributed by atoms with Gasteiger partial charge in [-0.25, -0.2) is 5.43 Å². The summed E-state index contributed by atoms with van der Waals surface area (Å²) in [7, 11) is 0. The maximum Gasteiger partial charge on any atom is 0.138 e. The van der Waals surface area contributed by atoms with Crippen LogP contribution in [0.5, 0.6) is 0 Å². The van der Waals surface area contributed by atoms with Crippen LogP contribution in [0, 0.1) is 0 Å². The SMILES string of the molecule is CCN(CC)C(C)(C)C(NN)c1occc1Br. The third kappa shape index (κ3) is 2.91. The first-order valence-corrected chi connectivity index (χ1v) is 6.72. The van der Waals surface area contributed by atoms with Gasteiger partial charge < -0.3 is 4.42 Å². The van der Waals surface area contributed by atoms with Gasteiger partial charge in [0.2, 0.25) is 0 Å². The molecular formula is C12H22BrN3O. The Hall–Kier alpha value is -0.360. The summed E-state index contributed by atoms with van der Waals surface area (Å²) in [5, 5.41) is 0. The molecule has 0 radical (unpaired) electrons. The lowest BCUT2D eigenvalue weighted by Gasteiger charge is -2.42. The van der Waals surface area contributed by atoms with Gasteiger partial charge in [-0.2, -0.15) is 0 Å². The van der Waals surface area contributed by atoms with Crippen molar-refractivity contribution in [2.75, 3.05) is 13.1 Å². The molecule has 5 heteroatoms. The molecule has 0 fully saturated rings. The zero-order valence-corrected chi connectivity index (χ0v) is 12.5. The predicted octanol–water partition coefficient (Wildman–Crippen LogP) is 2.67. The molecule has 0 spiro atoms. The maximum atomic E-state index is 5.71. The number of nitrogens with zero attached hydrogens (tertiary/aromatic N) is 1. The number of nitrogens with two attached hydrogens (primary N) is 1. The average Bonchev–Trinajstić information content (AvgIpc) is 2.67. The maximum absolute atomic E-state index is 5.71. The minimum Gasteiger partial charge on any atom is -0.466 e. The average molecular weight is 304 g/mol. The minimum atomic E-state index is -0.126. The van der Waals surface area contributed by atoms with Crippen LogP contribution in [0.3, 0.4) is 0 Å². The highest BCUT2D eigenvalue weighted by Gasteiger charge is 2.37. The Labute approximate surface area is 112 Å². The molecule has 1 aromatic heterocycles. The largest absolute Gasteiger partial charge is 0.466 e. The first-order chi connectivity index (χ1) is 7.98. The van der Waals surface area contributed by atoms with Gasteiger partial charge in [0.05, 0.1) is 16.8 Å². The Morgan fingerprint density at radius 1 is 1.47 bits per heavy atom. The molecule has 1 unspecified atom stereocenters. The normalized spacial score (nSPS) is 14.3. The van der Waals surface area contributed by atoms with E-state index in [9.17, 15) is 0 Å². The van der Waals surface area contributed by atoms with E-state index in [4.69, 9.17) is 10.3 Å². The fourth-order valence-electron chi connectivity index (χ4n) is 2.33. The Kier molecular flexibility index (Phi) is 5.19. The Bertz CT molecular complexity index is 347. The molecule has 0 aromatic carbocycles. The molecule has 0 amide bonds. The predicted molar refractivity (Wildman–Crippen MR) is 73.5 cm³/mol. The van der Waals surface area contributed by atoms with E-state index >= 15 is 0 Å². The second kappa shape index (κ2) is 6.00. The molecule has 3 N–H and O–H groups in total. The molecule has 1 aromatic rings. The quantitative estimate of drug-likeness (QED) is 0.627. The molecule has 1 heterocycles. The first kappa shape index (κ1) is 14.7. The first-order valence-electron chi connectivity index (χ1n) is 5.93. The number of hydrogen-bond acceptors (Lipinski definition) is 4. The van der Waals surface area contributed by atoms with Gasteiger partial charge in [-0.05, 0) is 48.9 Å².